The zero-order valence-electron chi connectivity index (χ0n) is 13.2. The van der Waals surface area contributed by atoms with Gasteiger partial charge in [-0.1, -0.05) is 19.1 Å². The molecule has 0 atom stereocenters. The van der Waals surface area contributed by atoms with E-state index in [1.165, 1.54) is 12.1 Å². The number of nitrogens with one attached hydrogen (secondary N) is 2. The van der Waals surface area contributed by atoms with Crippen molar-refractivity contribution in [2.75, 3.05) is 6.54 Å². The molecule has 2 rings (SSSR count). The highest BCUT2D eigenvalue weighted by molar-refractivity contribution is 5.84. The van der Waals surface area contributed by atoms with E-state index < -0.39 is 0 Å². The largest absolute Gasteiger partial charge is 0.439 e. The molecule has 1 aromatic carbocycles. The summed E-state index contributed by atoms with van der Waals surface area (Å²) in [6.45, 7) is 1.95. The highest BCUT2D eigenvalue weighted by atomic mass is 19.1. The van der Waals surface area contributed by atoms with Crippen LogP contribution in [-0.2, 0) is 16.1 Å². The minimum atomic E-state index is -0.387. The Kier molecular flexibility index (Phi) is 6.24. The number of benzene rings is 1. The number of carbonyl (C=O) groups excluding carboxylic acids is 2. The maximum Gasteiger partial charge on any atom is 0.239 e. The molecule has 0 fully saturated rings. The van der Waals surface area contributed by atoms with Crippen molar-refractivity contribution in [1.82, 2.24) is 15.6 Å². The van der Waals surface area contributed by atoms with Crippen LogP contribution in [0.3, 0.4) is 0 Å². The van der Waals surface area contributed by atoms with Crippen LogP contribution in [0.5, 0.6) is 11.6 Å². The van der Waals surface area contributed by atoms with E-state index in [9.17, 15) is 14.0 Å². The van der Waals surface area contributed by atoms with E-state index in [0.717, 1.165) is 5.56 Å². The molecule has 1 heterocycles. The van der Waals surface area contributed by atoms with Gasteiger partial charge in [-0.2, -0.15) is 0 Å². The summed E-state index contributed by atoms with van der Waals surface area (Å²) in [5.41, 5.74) is 0.775. The minimum absolute atomic E-state index is 0.0547. The standard InChI is InChI=1S/C17H18FN3O3/c1-2-15(22)20-11-16(23)19-9-12-6-7-17(21-10-12)24-14-5-3-4-13(18)8-14/h3-8,10H,2,9,11H2,1H3,(H,19,23)(H,20,22). The summed E-state index contributed by atoms with van der Waals surface area (Å²) in [7, 11) is 0. The lowest BCUT2D eigenvalue weighted by Gasteiger charge is -2.08. The molecule has 0 spiro atoms. The quantitative estimate of drug-likeness (QED) is 0.815. The molecule has 0 saturated heterocycles. The highest BCUT2D eigenvalue weighted by Gasteiger charge is 2.05. The molecule has 2 amide bonds. The summed E-state index contributed by atoms with van der Waals surface area (Å²) in [5, 5.41) is 5.16. The monoisotopic (exact) mass is 331 g/mol. The fraction of sp³-hybridized carbons (Fsp3) is 0.235. The number of ether oxygens (including phenoxy) is 1. The number of amides is 2. The Morgan fingerprint density at radius 1 is 1.17 bits per heavy atom. The molecule has 0 saturated carbocycles. The van der Waals surface area contributed by atoms with Gasteiger partial charge in [-0.3, -0.25) is 9.59 Å². The average Bonchev–Trinajstić information content (AvgIpc) is 2.59. The summed E-state index contributed by atoms with van der Waals surface area (Å²) < 4.78 is 18.5. The van der Waals surface area contributed by atoms with Gasteiger partial charge in [0.1, 0.15) is 11.6 Å². The van der Waals surface area contributed by atoms with Crippen LogP contribution in [0.2, 0.25) is 0 Å². The third-order valence-corrected chi connectivity index (χ3v) is 3.07. The van der Waals surface area contributed by atoms with Gasteiger partial charge in [0, 0.05) is 31.3 Å². The first-order chi connectivity index (χ1) is 11.6. The van der Waals surface area contributed by atoms with Crippen LogP contribution in [0.1, 0.15) is 18.9 Å². The van der Waals surface area contributed by atoms with Crippen LogP contribution in [0, 0.1) is 5.82 Å². The number of pyridine rings is 1. The predicted octanol–water partition coefficient (Wildman–Crippen LogP) is 2.16. The van der Waals surface area contributed by atoms with E-state index in [0.29, 0.717) is 18.1 Å². The summed E-state index contributed by atoms with van der Waals surface area (Å²) in [6, 6.07) is 9.14. The van der Waals surface area contributed by atoms with Gasteiger partial charge < -0.3 is 15.4 Å². The Hall–Kier alpha value is -2.96. The normalized spacial score (nSPS) is 10.1. The zero-order chi connectivity index (χ0) is 17.4. The second-order valence-electron chi connectivity index (χ2n) is 4.97. The fourth-order valence-electron chi connectivity index (χ4n) is 1.79. The molecule has 0 bridgehead atoms. The van der Waals surface area contributed by atoms with Crippen LogP contribution < -0.4 is 15.4 Å². The lowest BCUT2D eigenvalue weighted by Crippen LogP contribution is -2.36. The number of nitrogens with zero attached hydrogens (tertiary/aromatic N) is 1. The molecule has 2 N–H and O–H groups in total. The molecule has 0 unspecified atom stereocenters. The molecule has 6 nitrogen and oxygen atoms in total. The minimum Gasteiger partial charge on any atom is -0.439 e. The zero-order valence-corrected chi connectivity index (χ0v) is 13.2. The maximum absolute atomic E-state index is 13.1. The van der Waals surface area contributed by atoms with Gasteiger partial charge in [0.2, 0.25) is 17.7 Å². The van der Waals surface area contributed by atoms with Crippen molar-refractivity contribution in [2.45, 2.75) is 19.9 Å². The van der Waals surface area contributed by atoms with Crippen molar-refractivity contribution in [2.24, 2.45) is 0 Å². The number of rotatable bonds is 7. The highest BCUT2D eigenvalue weighted by Crippen LogP contribution is 2.19. The van der Waals surface area contributed by atoms with E-state index in [1.54, 1.807) is 37.4 Å². The van der Waals surface area contributed by atoms with Crippen molar-refractivity contribution in [3.05, 3.63) is 54.0 Å². The SMILES string of the molecule is CCC(=O)NCC(=O)NCc1ccc(Oc2cccc(F)c2)nc1. The molecule has 0 aliphatic heterocycles. The van der Waals surface area contributed by atoms with Crippen molar-refractivity contribution in [3.63, 3.8) is 0 Å². The number of halogens is 1. The van der Waals surface area contributed by atoms with Gasteiger partial charge in [-0.25, -0.2) is 9.37 Å². The molecule has 7 heteroatoms. The Labute approximate surface area is 139 Å². The van der Waals surface area contributed by atoms with Crippen LogP contribution in [0.4, 0.5) is 4.39 Å². The van der Waals surface area contributed by atoms with E-state index in [2.05, 4.69) is 15.6 Å². The number of hydrogen-bond donors (Lipinski definition) is 2. The smallest absolute Gasteiger partial charge is 0.239 e. The Morgan fingerprint density at radius 3 is 2.67 bits per heavy atom. The van der Waals surface area contributed by atoms with Crippen LogP contribution in [-0.4, -0.2) is 23.3 Å². The van der Waals surface area contributed by atoms with E-state index >= 15 is 0 Å². The summed E-state index contributed by atoms with van der Waals surface area (Å²) in [5.74, 6) is -0.161. The maximum atomic E-state index is 13.1. The van der Waals surface area contributed by atoms with Crippen molar-refractivity contribution >= 4 is 11.8 Å². The second kappa shape index (κ2) is 8.61. The first-order valence-corrected chi connectivity index (χ1v) is 7.48. The molecule has 0 aliphatic carbocycles. The van der Waals surface area contributed by atoms with E-state index in [-0.39, 0.29) is 30.7 Å². The molecule has 126 valence electrons. The van der Waals surface area contributed by atoms with Crippen LogP contribution in [0.15, 0.2) is 42.6 Å². The van der Waals surface area contributed by atoms with Crippen molar-refractivity contribution < 1.29 is 18.7 Å². The molecular weight excluding hydrogens is 313 g/mol. The first-order valence-electron chi connectivity index (χ1n) is 7.48. The molecule has 2 aromatic rings. The van der Waals surface area contributed by atoms with Gasteiger partial charge >= 0.3 is 0 Å². The van der Waals surface area contributed by atoms with Crippen LogP contribution in [0.25, 0.3) is 0 Å². The number of hydrogen-bond acceptors (Lipinski definition) is 4. The molecule has 24 heavy (non-hydrogen) atoms. The summed E-state index contributed by atoms with van der Waals surface area (Å²) >= 11 is 0. The first kappa shape index (κ1) is 17.4. The third kappa shape index (κ3) is 5.68. The van der Waals surface area contributed by atoms with Crippen molar-refractivity contribution in [3.8, 4) is 11.6 Å². The molecule has 1 aromatic heterocycles. The molecule has 0 radical (unpaired) electrons. The van der Waals surface area contributed by atoms with E-state index in [4.69, 9.17) is 4.74 Å². The Bertz CT molecular complexity index is 704. The van der Waals surface area contributed by atoms with Gasteiger partial charge in [-0.15, -0.1) is 0 Å². The fourth-order valence-corrected chi connectivity index (χ4v) is 1.79. The van der Waals surface area contributed by atoms with Gasteiger partial charge in [0.25, 0.3) is 0 Å². The number of aromatic nitrogens is 1. The summed E-state index contributed by atoms with van der Waals surface area (Å²) in [6.07, 6.45) is 1.89. The average molecular weight is 331 g/mol. The molecule has 0 aliphatic rings. The number of carbonyl (C=O) groups is 2. The summed E-state index contributed by atoms with van der Waals surface area (Å²) in [4.78, 5) is 26.7. The predicted molar refractivity (Wildman–Crippen MR) is 85.9 cm³/mol. The molecular formula is C17H18FN3O3. The second-order valence-corrected chi connectivity index (χ2v) is 4.97. The van der Waals surface area contributed by atoms with Crippen LogP contribution >= 0.6 is 0 Å². The van der Waals surface area contributed by atoms with Gasteiger partial charge in [0.15, 0.2) is 0 Å². The Morgan fingerprint density at radius 2 is 2.00 bits per heavy atom. The van der Waals surface area contributed by atoms with Gasteiger partial charge in [-0.05, 0) is 17.7 Å². The van der Waals surface area contributed by atoms with Crippen molar-refractivity contribution in [1.29, 1.82) is 0 Å². The van der Waals surface area contributed by atoms with Gasteiger partial charge in [0.05, 0.1) is 6.54 Å². The van der Waals surface area contributed by atoms with E-state index in [1.807, 2.05) is 0 Å². The lowest BCUT2D eigenvalue weighted by molar-refractivity contribution is -0.126. The Balaban J connectivity index is 1.81. The lowest BCUT2D eigenvalue weighted by atomic mass is 10.3. The third-order valence-electron chi connectivity index (χ3n) is 3.07. The topological polar surface area (TPSA) is 80.3 Å².